The van der Waals surface area contributed by atoms with Crippen molar-refractivity contribution in [3.05, 3.63) is 29.3 Å². The van der Waals surface area contributed by atoms with E-state index in [4.69, 9.17) is 10.5 Å². The summed E-state index contributed by atoms with van der Waals surface area (Å²) in [7, 11) is 2.98. The molecule has 0 aliphatic rings. The third-order valence-corrected chi connectivity index (χ3v) is 2.46. The normalized spacial score (nSPS) is 12.0. The van der Waals surface area contributed by atoms with E-state index in [2.05, 4.69) is 4.74 Å². The molecule has 1 aromatic carbocycles. The highest BCUT2D eigenvalue weighted by atomic mass is 16.5. The summed E-state index contributed by atoms with van der Waals surface area (Å²) in [4.78, 5) is 11.1. The standard InChI is InChI=1S/C12H17NO3/c1-8-6-9(4-5-11(8)15-2)10(13)7-12(14)16-3/h4-6,10H,7,13H2,1-3H3/t10-/m1/s1. The van der Waals surface area contributed by atoms with E-state index in [1.165, 1.54) is 7.11 Å². The molecule has 0 aromatic heterocycles. The monoisotopic (exact) mass is 223 g/mol. The largest absolute Gasteiger partial charge is 0.496 e. The molecule has 1 atom stereocenters. The Bertz CT molecular complexity index is 377. The van der Waals surface area contributed by atoms with Crippen LogP contribution in [0.5, 0.6) is 5.75 Å². The van der Waals surface area contributed by atoms with Crippen molar-refractivity contribution >= 4 is 5.97 Å². The van der Waals surface area contributed by atoms with Gasteiger partial charge in [0.1, 0.15) is 5.75 Å². The van der Waals surface area contributed by atoms with Crippen molar-refractivity contribution in [2.75, 3.05) is 14.2 Å². The van der Waals surface area contributed by atoms with E-state index >= 15 is 0 Å². The summed E-state index contributed by atoms with van der Waals surface area (Å²) in [5.74, 6) is 0.509. The van der Waals surface area contributed by atoms with Gasteiger partial charge in [0.2, 0.25) is 0 Å². The molecule has 0 spiro atoms. The highest BCUT2D eigenvalue weighted by molar-refractivity contribution is 5.70. The lowest BCUT2D eigenvalue weighted by Gasteiger charge is -2.13. The number of ether oxygens (including phenoxy) is 2. The summed E-state index contributed by atoms with van der Waals surface area (Å²) in [5, 5.41) is 0. The Labute approximate surface area is 95.3 Å². The number of rotatable bonds is 4. The van der Waals surface area contributed by atoms with E-state index in [1.807, 2.05) is 25.1 Å². The van der Waals surface area contributed by atoms with Crippen LogP contribution in [0.4, 0.5) is 0 Å². The van der Waals surface area contributed by atoms with E-state index < -0.39 is 0 Å². The highest BCUT2D eigenvalue weighted by Gasteiger charge is 2.12. The zero-order valence-corrected chi connectivity index (χ0v) is 9.82. The lowest BCUT2D eigenvalue weighted by atomic mass is 10.0. The third kappa shape index (κ3) is 2.97. The summed E-state index contributed by atoms with van der Waals surface area (Å²) in [6, 6.07) is 5.30. The van der Waals surface area contributed by atoms with Crippen LogP contribution in [0.25, 0.3) is 0 Å². The van der Waals surface area contributed by atoms with Gasteiger partial charge in [0.25, 0.3) is 0 Å². The number of methoxy groups -OCH3 is 2. The molecule has 16 heavy (non-hydrogen) atoms. The number of nitrogens with two attached hydrogens (primary N) is 1. The minimum absolute atomic E-state index is 0.183. The summed E-state index contributed by atoms with van der Waals surface area (Å²) < 4.78 is 9.72. The summed E-state index contributed by atoms with van der Waals surface area (Å²) in [5.41, 5.74) is 7.80. The van der Waals surface area contributed by atoms with Crippen LogP contribution in [0.3, 0.4) is 0 Å². The number of benzene rings is 1. The Morgan fingerprint density at radius 3 is 2.62 bits per heavy atom. The van der Waals surface area contributed by atoms with Gasteiger partial charge in [-0.2, -0.15) is 0 Å². The first-order chi connectivity index (χ1) is 7.58. The van der Waals surface area contributed by atoms with Gasteiger partial charge >= 0.3 is 5.97 Å². The third-order valence-electron chi connectivity index (χ3n) is 2.46. The SMILES string of the molecule is COC(=O)C[C@@H](N)c1ccc(OC)c(C)c1. The first kappa shape index (κ1) is 12.5. The molecule has 0 bridgehead atoms. The Hall–Kier alpha value is -1.55. The molecule has 0 unspecified atom stereocenters. The molecule has 0 aliphatic heterocycles. The van der Waals surface area contributed by atoms with Gasteiger partial charge < -0.3 is 15.2 Å². The summed E-state index contributed by atoms with van der Waals surface area (Å²) in [6.07, 6.45) is 0.183. The predicted molar refractivity (Wildman–Crippen MR) is 61.3 cm³/mol. The van der Waals surface area contributed by atoms with Gasteiger partial charge in [-0.25, -0.2) is 0 Å². The Balaban J connectivity index is 2.80. The molecule has 0 fully saturated rings. The van der Waals surface area contributed by atoms with Crippen molar-refractivity contribution in [1.29, 1.82) is 0 Å². The summed E-state index contributed by atoms with van der Waals surface area (Å²) >= 11 is 0. The van der Waals surface area contributed by atoms with Crippen molar-refractivity contribution in [2.45, 2.75) is 19.4 Å². The van der Waals surface area contributed by atoms with Crippen LogP contribution in [0, 0.1) is 6.92 Å². The maximum absolute atomic E-state index is 11.1. The first-order valence-corrected chi connectivity index (χ1v) is 5.05. The highest BCUT2D eigenvalue weighted by Crippen LogP contribution is 2.23. The second-order valence-electron chi connectivity index (χ2n) is 3.62. The fourth-order valence-corrected chi connectivity index (χ4v) is 1.51. The van der Waals surface area contributed by atoms with E-state index in [0.29, 0.717) is 0 Å². The minimum atomic E-state index is -0.336. The molecule has 88 valence electrons. The zero-order valence-electron chi connectivity index (χ0n) is 9.82. The zero-order chi connectivity index (χ0) is 12.1. The van der Waals surface area contributed by atoms with Crippen LogP contribution < -0.4 is 10.5 Å². The molecule has 0 radical (unpaired) electrons. The molecule has 0 saturated carbocycles. The van der Waals surface area contributed by atoms with E-state index in [-0.39, 0.29) is 18.4 Å². The van der Waals surface area contributed by atoms with Crippen LogP contribution >= 0.6 is 0 Å². The quantitative estimate of drug-likeness (QED) is 0.787. The molecular weight excluding hydrogens is 206 g/mol. The second kappa shape index (κ2) is 5.51. The van der Waals surface area contributed by atoms with Crippen molar-refractivity contribution in [3.8, 4) is 5.75 Å². The van der Waals surface area contributed by atoms with Crippen LogP contribution in [0.15, 0.2) is 18.2 Å². The average Bonchev–Trinajstić information content (AvgIpc) is 2.28. The minimum Gasteiger partial charge on any atom is -0.496 e. The van der Waals surface area contributed by atoms with Crippen LogP contribution in [0.2, 0.25) is 0 Å². The van der Waals surface area contributed by atoms with Gasteiger partial charge in [0.05, 0.1) is 20.6 Å². The fraction of sp³-hybridized carbons (Fsp3) is 0.417. The van der Waals surface area contributed by atoms with Crippen molar-refractivity contribution < 1.29 is 14.3 Å². The van der Waals surface area contributed by atoms with E-state index in [9.17, 15) is 4.79 Å². The number of carbonyl (C=O) groups is 1. The molecule has 4 heteroatoms. The topological polar surface area (TPSA) is 61.5 Å². The molecule has 0 heterocycles. The molecule has 1 rings (SSSR count). The fourth-order valence-electron chi connectivity index (χ4n) is 1.51. The number of aryl methyl sites for hydroxylation is 1. The number of esters is 1. The predicted octanol–water partition coefficient (Wildman–Crippen LogP) is 1.57. The van der Waals surface area contributed by atoms with Gasteiger partial charge in [0, 0.05) is 6.04 Å². The van der Waals surface area contributed by atoms with Crippen molar-refractivity contribution in [3.63, 3.8) is 0 Å². The maximum Gasteiger partial charge on any atom is 0.307 e. The van der Waals surface area contributed by atoms with Gasteiger partial charge in [-0.15, -0.1) is 0 Å². The molecular formula is C12H17NO3. The maximum atomic E-state index is 11.1. The molecule has 0 saturated heterocycles. The average molecular weight is 223 g/mol. The van der Waals surface area contributed by atoms with Crippen LogP contribution in [-0.4, -0.2) is 20.2 Å². The van der Waals surface area contributed by atoms with Crippen LogP contribution in [-0.2, 0) is 9.53 Å². The van der Waals surface area contributed by atoms with Gasteiger partial charge in [-0.05, 0) is 24.1 Å². The molecule has 1 aromatic rings. The Morgan fingerprint density at radius 2 is 2.12 bits per heavy atom. The lowest BCUT2D eigenvalue weighted by molar-refractivity contribution is -0.141. The number of hydrogen-bond donors (Lipinski definition) is 1. The van der Waals surface area contributed by atoms with Gasteiger partial charge in [-0.3, -0.25) is 4.79 Å². The van der Waals surface area contributed by atoms with Crippen molar-refractivity contribution in [2.24, 2.45) is 5.73 Å². The number of carbonyl (C=O) groups excluding carboxylic acids is 1. The molecule has 0 aliphatic carbocycles. The van der Waals surface area contributed by atoms with Gasteiger partial charge in [0.15, 0.2) is 0 Å². The Morgan fingerprint density at radius 1 is 1.44 bits per heavy atom. The van der Waals surface area contributed by atoms with Crippen molar-refractivity contribution in [1.82, 2.24) is 0 Å². The smallest absolute Gasteiger partial charge is 0.307 e. The second-order valence-corrected chi connectivity index (χ2v) is 3.62. The molecule has 4 nitrogen and oxygen atoms in total. The summed E-state index contributed by atoms with van der Waals surface area (Å²) in [6.45, 7) is 1.94. The molecule has 0 amide bonds. The number of hydrogen-bond acceptors (Lipinski definition) is 4. The molecule has 2 N–H and O–H groups in total. The van der Waals surface area contributed by atoms with Gasteiger partial charge in [-0.1, -0.05) is 12.1 Å². The lowest BCUT2D eigenvalue weighted by Crippen LogP contribution is -2.16. The first-order valence-electron chi connectivity index (χ1n) is 5.05. The Kier molecular flexibility index (Phi) is 4.31. The van der Waals surface area contributed by atoms with Crippen LogP contribution in [0.1, 0.15) is 23.6 Å². The van der Waals surface area contributed by atoms with E-state index in [1.54, 1.807) is 7.11 Å². The van der Waals surface area contributed by atoms with E-state index in [0.717, 1.165) is 16.9 Å².